The number of amides is 1. The van der Waals surface area contributed by atoms with Gasteiger partial charge in [0, 0.05) is 29.8 Å². The molecule has 0 bridgehead atoms. The molecule has 1 aromatic carbocycles. The van der Waals surface area contributed by atoms with Crippen LogP contribution in [0.5, 0.6) is 0 Å². The van der Waals surface area contributed by atoms with Crippen molar-refractivity contribution < 1.29 is 14.0 Å². The van der Waals surface area contributed by atoms with Crippen molar-refractivity contribution in [2.24, 2.45) is 34.5 Å². The van der Waals surface area contributed by atoms with Gasteiger partial charge in [-0.1, -0.05) is 32.1 Å². The van der Waals surface area contributed by atoms with Crippen molar-refractivity contribution >= 4 is 11.7 Å². The number of carbonyl (C=O) groups excluding carboxylic acids is 2. The molecule has 3 aliphatic carbocycles. The molecule has 30 heavy (non-hydrogen) atoms. The molecule has 0 N–H and O–H groups in total. The molecular formula is C26H32FNO2. The lowest BCUT2D eigenvalue weighted by Crippen LogP contribution is -2.59. The highest BCUT2D eigenvalue weighted by atomic mass is 19.1. The number of hydrogen-bond donors (Lipinski definition) is 0. The van der Waals surface area contributed by atoms with Gasteiger partial charge in [0.15, 0.2) is 0 Å². The lowest BCUT2D eigenvalue weighted by Gasteiger charge is -2.59. The highest BCUT2D eigenvalue weighted by molar-refractivity contribution is 5.90. The lowest BCUT2D eigenvalue weighted by atomic mass is 9.48. The van der Waals surface area contributed by atoms with Crippen LogP contribution in [0.3, 0.4) is 0 Å². The highest BCUT2D eigenvalue weighted by Crippen LogP contribution is 2.64. The Bertz CT molecular complexity index is 925. The number of rotatable bonds is 2. The maximum atomic E-state index is 13.7. The number of Topliss-reactive ketones (excluding diaryl/α,β-unsaturated/α-hetero) is 1. The summed E-state index contributed by atoms with van der Waals surface area (Å²) in [5.41, 5.74) is 0.678. The van der Waals surface area contributed by atoms with Crippen LogP contribution in [0.15, 0.2) is 36.4 Å². The van der Waals surface area contributed by atoms with Crippen molar-refractivity contribution in [3.05, 3.63) is 47.8 Å². The van der Waals surface area contributed by atoms with Crippen molar-refractivity contribution in [3.63, 3.8) is 0 Å². The van der Waals surface area contributed by atoms with Crippen LogP contribution < -0.4 is 0 Å². The maximum absolute atomic E-state index is 13.7. The monoisotopic (exact) mass is 409 g/mol. The Balaban J connectivity index is 1.43. The third kappa shape index (κ3) is 2.75. The summed E-state index contributed by atoms with van der Waals surface area (Å²) in [7, 11) is 1.94. The fourth-order valence-electron chi connectivity index (χ4n) is 7.80. The Hall–Kier alpha value is -1.97. The SMILES string of the molecule is CN1C(=O)C=C[C@]2(C)C3CC[C@]4(C)C(=O)[C@H](Cc5cccc(F)c5)C[C@H]4C3CC[C@@H]12. The maximum Gasteiger partial charge on any atom is 0.246 e. The smallest absolute Gasteiger partial charge is 0.246 e. The third-order valence-corrected chi connectivity index (χ3v) is 9.36. The normalized spacial score (nSPS) is 42.7. The Morgan fingerprint density at radius 1 is 1.13 bits per heavy atom. The zero-order chi connectivity index (χ0) is 21.3. The molecule has 1 aliphatic heterocycles. The number of likely N-dealkylation sites (N-methyl/N-ethyl adjacent to an activating group) is 1. The van der Waals surface area contributed by atoms with E-state index in [1.54, 1.807) is 18.2 Å². The molecule has 0 radical (unpaired) electrons. The number of fused-ring (bicyclic) bond motifs is 5. The first kappa shape index (κ1) is 20.0. The minimum Gasteiger partial charge on any atom is -0.338 e. The van der Waals surface area contributed by atoms with Gasteiger partial charge in [-0.05, 0) is 80.1 Å². The van der Waals surface area contributed by atoms with Crippen molar-refractivity contribution in [3.8, 4) is 0 Å². The quantitative estimate of drug-likeness (QED) is 0.703. The Labute approximate surface area is 178 Å². The average Bonchev–Trinajstić information content (AvgIpc) is 2.96. The van der Waals surface area contributed by atoms with E-state index in [1.165, 1.54) is 6.07 Å². The van der Waals surface area contributed by atoms with Crippen LogP contribution in [0, 0.1) is 40.3 Å². The van der Waals surface area contributed by atoms with Crippen molar-refractivity contribution in [2.45, 2.75) is 58.4 Å². The summed E-state index contributed by atoms with van der Waals surface area (Å²) in [6.45, 7) is 4.53. The van der Waals surface area contributed by atoms with Crippen LogP contribution >= 0.6 is 0 Å². The van der Waals surface area contributed by atoms with Crippen LogP contribution in [-0.2, 0) is 16.0 Å². The number of benzene rings is 1. The van der Waals surface area contributed by atoms with Crippen LogP contribution in [0.4, 0.5) is 4.39 Å². The minimum atomic E-state index is -0.248. The fraction of sp³-hybridized carbons (Fsp3) is 0.615. The van der Waals surface area contributed by atoms with Gasteiger partial charge in [0.2, 0.25) is 5.91 Å². The molecule has 1 aromatic rings. The van der Waals surface area contributed by atoms with Gasteiger partial charge < -0.3 is 4.90 Å². The topological polar surface area (TPSA) is 37.4 Å². The van der Waals surface area contributed by atoms with E-state index in [2.05, 4.69) is 19.9 Å². The van der Waals surface area contributed by atoms with Crippen molar-refractivity contribution in [1.82, 2.24) is 4.90 Å². The van der Waals surface area contributed by atoms with E-state index in [0.717, 1.165) is 37.7 Å². The zero-order valence-corrected chi connectivity index (χ0v) is 18.2. The zero-order valence-electron chi connectivity index (χ0n) is 18.2. The van der Waals surface area contributed by atoms with Gasteiger partial charge in [0.05, 0.1) is 0 Å². The summed E-state index contributed by atoms with van der Waals surface area (Å²) >= 11 is 0. The number of halogens is 1. The molecule has 4 heteroatoms. The van der Waals surface area contributed by atoms with E-state index < -0.39 is 0 Å². The second kappa shape index (κ2) is 6.77. The molecule has 3 fully saturated rings. The molecule has 160 valence electrons. The number of carbonyl (C=O) groups is 2. The van der Waals surface area contributed by atoms with Gasteiger partial charge in [0.1, 0.15) is 11.6 Å². The molecule has 0 spiro atoms. The van der Waals surface area contributed by atoms with Gasteiger partial charge in [-0.25, -0.2) is 4.39 Å². The van der Waals surface area contributed by atoms with E-state index in [0.29, 0.717) is 30.0 Å². The highest BCUT2D eigenvalue weighted by Gasteiger charge is 2.62. The van der Waals surface area contributed by atoms with Crippen molar-refractivity contribution in [2.75, 3.05) is 7.05 Å². The minimum absolute atomic E-state index is 0.00257. The molecule has 5 rings (SSSR count). The van der Waals surface area contributed by atoms with E-state index in [-0.39, 0.29) is 34.5 Å². The molecule has 1 heterocycles. The van der Waals surface area contributed by atoms with Gasteiger partial charge in [0.25, 0.3) is 0 Å². The predicted molar refractivity (Wildman–Crippen MR) is 114 cm³/mol. The number of nitrogens with zero attached hydrogens (tertiary/aromatic N) is 1. The first-order valence-electron chi connectivity index (χ1n) is 11.5. The molecular weight excluding hydrogens is 377 g/mol. The van der Waals surface area contributed by atoms with Gasteiger partial charge >= 0.3 is 0 Å². The van der Waals surface area contributed by atoms with Crippen molar-refractivity contribution in [1.29, 1.82) is 0 Å². The van der Waals surface area contributed by atoms with E-state index in [1.807, 2.05) is 18.0 Å². The van der Waals surface area contributed by atoms with Gasteiger partial charge in [-0.15, -0.1) is 0 Å². The lowest BCUT2D eigenvalue weighted by molar-refractivity contribution is -0.142. The Morgan fingerprint density at radius 2 is 1.93 bits per heavy atom. The molecule has 2 unspecified atom stereocenters. The largest absolute Gasteiger partial charge is 0.338 e. The summed E-state index contributed by atoms with van der Waals surface area (Å²) in [6.07, 6.45) is 9.61. The molecule has 0 aromatic heterocycles. The van der Waals surface area contributed by atoms with Crippen LogP contribution in [0.2, 0.25) is 0 Å². The summed E-state index contributed by atoms with van der Waals surface area (Å²) in [5.74, 6) is 1.72. The van der Waals surface area contributed by atoms with Crippen LogP contribution in [-0.4, -0.2) is 29.7 Å². The molecule has 3 nitrogen and oxygen atoms in total. The van der Waals surface area contributed by atoms with Crippen LogP contribution in [0.1, 0.15) is 51.5 Å². The van der Waals surface area contributed by atoms with E-state index in [4.69, 9.17) is 0 Å². The van der Waals surface area contributed by atoms with E-state index in [9.17, 15) is 14.0 Å². The standard InChI is InChI=1S/C26H32FNO2/c1-25-12-10-23(29)28(3)22(25)8-7-19-20(25)9-11-26(2)21(19)15-17(24(26)30)13-16-5-4-6-18(27)14-16/h4-6,10,12,14,17,19-22H,7-9,11,13,15H2,1-3H3/t17-,19?,20?,21+,22-,25-,26+/m1/s1. The molecule has 7 atom stereocenters. The average molecular weight is 410 g/mol. The second-order valence-electron chi connectivity index (χ2n) is 10.7. The molecule has 3 saturated carbocycles. The number of ketones is 1. The molecule has 4 aliphatic rings. The Morgan fingerprint density at radius 3 is 2.70 bits per heavy atom. The fourth-order valence-corrected chi connectivity index (χ4v) is 7.80. The van der Waals surface area contributed by atoms with Gasteiger partial charge in [-0.3, -0.25) is 9.59 Å². The summed E-state index contributed by atoms with van der Waals surface area (Å²) in [5, 5.41) is 0. The van der Waals surface area contributed by atoms with Gasteiger partial charge in [-0.2, -0.15) is 0 Å². The second-order valence-corrected chi connectivity index (χ2v) is 10.7. The summed E-state index contributed by atoms with van der Waals surface area (Å²) in [6, 6.07) is 6.98. The summed E-state index contributed by atoms with van der Waals surface area (Å²) in [4.78, 5) is 27.7. The summed E-state index contributed by atoms with van der Waals surface area (Å²) < 4.78 is 13.7. The van der Waals surface area contributed by atoms with E-state index >= 15 is 0 Å². The Kier molecular flexibility index (Phi) is 4.50. The van der Waals surface area contributed by atoms with Crippen LogP contribution in [0.25, 0.3) is 0 Å². The number of hydrogen-bond acceptors (Lipinski definition) is 2. The molecule has 1 amide bonds. The predicted octanol–water partition coefficient (Wildman–Crippen LogP) is 4.80. The first-order chi connectivity index (χ1) is 14.2. The third-order valence-electron chi connectivity index (χ3n) is 9.36. The molecule has 0 saturated heterocycles. The first-order valence-corrected chi connectivity index (χ1v) is 11.5.